The fraction of sp³-hybridized carbons (Fsp3) is 0.391. The molecule has 1 aromatic carbocycles. The van der Waals surface area contributed by atoms with Gasteiger partial charge in [-0.15, -0.1) is 0 Å². The number of carbonyl (C=O) groups excluding carboxylic acids is 3. The molecule has 0 aliphatic carbocycles. The van der Waals surface area contributed by atoms with Crippen LogP contribution < -0.4 is 9.88 Å². The smallest absolute Gasteiger partial charge is 0.291 e. The van der Waals surface area contributed by atoms with Gasteiger partial charge in [-0.2, -0.15) is 0 Å². The fourth-order valence-corrected chi connectivity index (χ4v) is 4.52. The first-order valence-corrected chi connectivity index (χ1v) is 11.0. The second kappa shape index (κ2) is 9.68. The molecule has 1 aromatic heterocycles. The molecule has 2 saturated heterocycles. The Morgan fingerprint density at radius 2 is 1.90 bits per heavy atom. The zero-order valence-corrected chi connectivity index (χ0v) is 17.9. The summed E-state index contributed by atoms with van der Waals surface area (Å²) in [7, 11) is 0. The van der Waals surface area contributed by atoms with Gasteiger partial charge in [0.2, 0.25) is 5.78 Å². The van der Waals surface area contributed by atoms with Gasteiger partial charge in [0, 0.05) is 35.2 Å². The average Bonchev–Trinajstić information content (AvgIpc) is 3.05. The number of aromatic amines is 1. The van der Waals surface area contributed by atoms with E-state index >= 15 is 0 Å². The maximum atomic E-state index is 13.3. The number of aromatic nitrogens is 1. The van der Waals surface area contributed by atoms with Crippen LogP contribution in [0.15, 0.2) is 48.8 Å². The van der Waals surface area contributed by atoms with Gasteiger partial charge in [0.05, 0.1) is 25.8 Å². The maximum absolute atomic E-state index is 13.3. The first kappa shape index (κ1) is 21.6. The lowest BCUT2D eigenvalue weighted by Gasteiger charge is -2.28. The molecule has 8 heteroatoms. The number of hydrogen-bond acceptors (Lipinski definition) is 4. The zero-order valence-electron chi connectivity index (χ0n) is 17.2. The molecule has 0 bridgehead atoms. The van der Waals surface area contributed by atoms with Gasteiger partial charge < -0.3 is 14.5 Å². The Balaban J connectivity index is 1.58. The molecule has 2 aromatic rings. The molecule has 7 nitrogen and oxygen atoms in total. The van der Waals surface area contributed by atoms with E-state index in [4.69, 9.17) is 16.3 Å². The van der Waals surface area contributed by atoms with Gasteiger partial charge >= 0.3 is 0 Å². The summed E-state index contributed by atoms with van der Waals surface area (Å²) in [6, 6.07) is 9.45. The minimum atomic E-state index is -1.07. The van der Waals surface area contributed by atoms with E-state index in [-0.39, 0.29) is 5.78 Å². The standard InChI is InChI=1S/C23H24ClN3O4/c24-18-6-4-16(5-7-18)21(28)19-20(17-3-1-8-25-15-17)27(23(30)22(19)29)10-2-9-26-11-13-31-14-12-26/h1,3-8,15,19-20H,2,9-14H2/p+2. The largest absolute Gasteiger partial charge is 0.370 e. The van der Waals surface area contributed by atoms with Crippen LogP contribution in [0.5, 0.6) is 0 Å². The fourth-order valence-electron chi connectivity index (χ4n) is 4.39. The first-order chi connectivity index (χ1) is 15.1. The number of nitrogens with zero attached hydrogens (tertiary/aromatic N) is 1. The molecule has 0 spiro atoms. The van der Waals surface area contributed by atoms with Crippen molar-refractivity contribution >= 4 is 29.1 Å². The number of ether oxygens (including phenoxy) is 1. The number of nitrogens with one attached hydrogen (secondary N) is 2. The number of carbonyl (C=O) groups is 3. The third-order valence-electron chi connectivity index (χ3n) is 6.02. The third kappa shape index (κ3) is 4.69. The van der Waals surface area contributed by atoms with Crippen molar-refractivity contribution in [2.24, 2.45) is 5.92 Å². The van der Waals surface area contributed by atoms with Crippen molar-refractivity contribution in [2.45, 2.75) is 12.5 Å². The Hall–Kier alpha value is -2.61. The molecule has 2 N–H and O–H groups in total. The Kier molecular flexibility index (Phi) is 6.75. The van der Waals surface area contributed by atoms with Crippen molar-refractivity contribution in [3.63, 3.8) is 0 Å². The van der Waals surface area contributed by atoms with E-state index in [0.717, 1.165) is 44.8 Å². The normalized spacial score (nSPS) is 22.2. The summed E-state index contributed by atoms with van der Waals surface area (Å²) in [6.07, 6.45) is 4.26. The average molecular weight is 444 g/mol. The lowest BCUT2D eigenvalue weighted by Crippen LogP contribution is -3.14. The molecule has 2 fully saturated rings. The molecule has 2 aliphatic heterocycles. The van der Waals surface area contributed by atoms with Gasteiger partial charge in [0.1, 0.15) is 19.0 Å². The maximum Gasteiger partial charge on any atom is 0.291 e. The van der Waals surface area contributed by atoms with Gasteiger partial charge in [-0.25, -0.2) is 4.98 Å². The van der Waals surface area contributed by atoms with E-state index in [0.29, 0.717) is 17.1 Å². The Morgan fingerprint density at radius 3 is 2.58 bits per heavy atom. The van der Waals surface area contributed by atoms with Crippen LogP contribution in [0.4, 0.5) is 0 Å². The number of likely N-dealkylation sites (tertiary alicyclic amines) is 1. The SMILES string of the molecule is O=C1C(=O)N(CCC[NH+]2CCOCC2)C(c2ccc[nH+]c2)C1C(=O)c1ccc(Cl)cc1. The van der Waals surface area contributed by atoms with Crippen molar-refractivity contribution in [2.75, 3.05) is 39.4 Å². The molecule has 2 atom stereocenters. The van der Waals surface area contributed by atoms with Crippen LogP contribution in [0.25, 0.3) is 0 Å². The first-order valence-electron chi connectivity index (χ1n) is 10.6. The summed E-state index contributed by atoms with van der Waals surface area (Å²) in [5.41, 5.74) is 1.12. The molecule has 2 aliphatic rings. The van der Waals surface area contributed by atoms with E-state index < -0.39 is 23.7 Å². The highest BCUT2D eigenvalue weighted by molar-refractivity contribution is 6.44. The van der Waals surface area contributed by atoms with E-state index in [1.54, 1.807) is 41.6 Å². The van der Waals surface area contributed by atoms with Gasteiger partial charge in [-0.1, -0.05) is 11.6 Å². The molecule has 0 saturated carbocycles. The number of hydrogen-bond donors (Lipinski definition) is 1. The number of benzene rings is 1. The number of pyridine rings is 1. The van der Waals surface area contributed by atoms with Crippen LogP contribution >= 0.6 is 11.6 Å². The number of rotatable bonds is 7. The Morgan fingerprint density at radius 1 is 1.16 bits per heavy atom. The number of Topliss-reactive ketones (excluding diaryl/α,β-unsaturated/α-hetero) is 2. The lowest BCUT2D eigenvalue weighted by atomic mass is 9.87. The number of ketones is 2. The molecule has 31 heavy (non-hydrogen) atoms. The predicted octanol–water partition coefficient (Wildman–Crippen LogP) is 0.411. The van der Waals surface area contributed by atoms with Crippen molar-refractivity contribution in [3.8, 4) is 0 Å². The van der Waals surface area contributed by atoms with E-state index in [1.165, 1.54) is 4.90 Å². The van der Waals surface area contributed by atoms with E-state index in [2.05, 4.69) is 4.98 Å². The zero-order chi connectivity index (χ0) is 21.8. The summed E-state index contributed by atoms with van der Waals surface area (Å²) >= 11 is 5.94. The summed E-state index contributed by atoms with van der Waals surface area (Å²) < 4.78 is 5.40. The monoisotopic (exact) mass is 443 g/mol. The summed E-state index contributed by atoms with van der Waals surface area (Å²) in [5, 5.41) is 0.506. The van der Waals surface area contributed by atoms with Gasteiger partial charge in [0.15, 0.2) is 18.2 Å². The van der Waals surface area contributed by atoms with Crippen LogP contribution in [0.3, 0.4) is 0 Å². The van der Waals surface area contributed by atoms with E-state index in [1.807, 2.05) is 12.1 Å². The highest BCUT2D eigenvalue weighted by Gasteiger charge is 2.52. The van der Waals surface area contributed by atoms with Crippen LogP contribution in [0.2, 0.25) is 5.02 Å². The lowest BCUT2D eigenvalue weighted by molar-refractivity contribution is -0.908. The van der Waals surface area contributed by atoms with Crippen LogP contribution in [-0.4, -0.2) is 61.8 Å². The number of amides is 1. The molecule has 4 rings (SSSR count). The second-order valence-electron chi connectivity index (χ2n) is 7.96. The number of morpholine rings is 1. The van der Waals surface area contributed by atoms with Crippen molar-refractivity contribution in [1.29, 1.82) is 0 Å². The van der Waals surface area contributed by atoms with E-state index in [9.17, 15) is 14.4 Å². The second-order valence-corrected chi connectivity index (χ2v) is 8.40. The third-order valence-corrected chi connectivity index (χ3v) is 6.27. The van der Waals surface area contributed by atoms with Gasteiger partial charge in [0.25, 0.3) is 5.91 Å². The van der Waals surface area contributed by atoms with Crippen molar-refractivity contribution in [3.05, 3.63) is 64.9 Å². The highest BCUT2D eigenvalue weighted by atomic mass is 35.5. The molecular formula is C23H26ClN3O4+2. The van der Waals surface area contributed by atoms with Gasteiger partial charge in [-0.3, -0.25) is 14.4 Å². The predicted molar refractivity (Wildman–Crippen MR) is 113 cm³/mol. The minimum absolute atomic E-state index is 0.356. The number of halogens is 1. The van der Waals surface area contributed by atoms with Crippen molar-refractivity contribution in [1.82, 2.24) is 4.90 Å². The highest BCUT2D eigenvalue weighted by Crippen LogP contribution is 2.37. The molecule has 162 valence electrons. The molecule has 0 radical (unpaired) electrons. The Labute approximate surface area is 185 Å². The minimum Gasteiger partial charge on any atom is -0.370 e. The molecular weight excluding hydrogens is 418 g/mol. The summed E-state index contributed by atoms with van der Waals surface area (Å²) in [4.78, 5) is 45.2. The number of H-pyrrole nitrogens is 1. The molecule has 2 unspecified atom stereocenters. The van der Waals surface area contributed by atoms with Crippen molar-refractivity contribution < 1.29 is 29.0 Å². The van der Waals surface area contributed by atoms with Gasteiger partial charge in [-0.05, 0) is 30.3 Å². The summed E-state index contributed by atoms with van der Waals surface area (Å²) in [5.74, 6) is -2.66. The Bertz CT molecular complexity index is 945. The molecule has 3 heterocycles. The number of quaternary nitrogens is 1. The van der Waals surface area contributed by atoms with Crippen LogP contribution in [0, 0.1) is 5.92 Å². The topological polar surface area (TPSA) is 82.3 Å². The summed E-state index contributed by atoms with van der Waals surface area (Å²) in [6.45, 7) is 4.71. The quantitative estimate of drug-likeness (QED) is 0.382. The molecule has 1 amide bonds. The van der Waals surface area contributed by atoms with Crippen LogP contribution in [0.1, 0.15) is 28.4 Å². The van der Waals surface area contributed by atoms with Crippen LogP contribution in [-0.2, 0) is 14.3 Å².